The summed E-state index contributed by atoms with van der Waals surface area (Å²) in [4.78, 5) is 37.0. The van der Waals surface area contributed by atoms with E-state index in [9.17, 15) is 19.0 Å². The number of esters is 2. The minimum absolute atomic E-state index is 0.00517. The van der Waals surface area contributed by atoms with Gasteiger partial charge in [0.05, 0.1) is 13.2 Å². The van der Waals surface area contributed by atoms with Crippen LogP contribution in [0.4, 0.5) is 0 Å². The highest BCUT2D eigenvalue weighted by Gasteiger charge is 2.26. The van der Waals surface area contributed by atoms with Gasteiger partial charge in [-0.05, 0) is 84.7 Å². The fourth-order valence-electron chi connectivity index (χ4n) is 5.95. The Balaban J connectivity index is 4.27. The van der Waals surface area contributed by atoms with Crippen molar-refractivity contribution in [3.05, 3.63) is 36.5 Å². The van der Waals surface area contributed by atoms with Gasteiger partial charge in [0, 0.05) is 19.4 Å². The van der Waals surface area contributed by atoms with E-state index in [1.165, 1.54) is 89.9 Å². The zero-order valence-electron chi connectivity index (χ0n) is 35.9. The summed E-state index contributed by atoms with van der Waals surface area (Å²) >= 11 is 0. The van der Waals surface area contributed by atoms with E-state index in [2.05, 4.69) is 50.3 Å². The minimum atomic E-state index is -4.36. The number of allylic oxidation sites excluding steroid dienone is 6. The fraction of sp³-hybridized carbons (Fsp3) is 0.822. The van der Waals surface area contributed by atoms with E-state index in [-0.39, 0.29) is 32.0 Å². The quantitative estimate of drug-likeness (QED) is 0.0280. The highest BCUT2D eigenvalue weighted by Crippen LogP contribution is 2.43. The van der Waals surface area contributed by atoms with Crippen molar-refractivity contribution < 1.29 is 37.6 Å². The minimum Gasteiger partial charge on any atom is -0.462 e. The molecule has 0 aromatic heterocycles. The smallest absolute Gasteiger partial charge is 0.462 e. The summed E-state index contributed by atoms with van der Waals surface area (Å²) in [5, 5.41) is 0. The summed E-state index contributed by atoms with van der Waals surface area (Å²) in [6.45, 7) is 4.27. The average Bonchev–Trinajstić information content (AvgIpc) is 3.15. The first-order valence-corrected chi connectivity index (χ1v) is 23.8. The molecular formula is C45H84NO8P. The molecule has 0 spiro atoms. The molecule has 0 bridgehead atoms. The number of hydrogen-bond acceptors (Lipinski definition) is 8. The van der Waals surface area contributed by atoms with Crippen molar-refractivity contribution in [3.8, 4) is 0 Å². The Bertz CT molecular complexity index is 1010. The van der Waals surface area contributed by atoms with E-state index in [0.717, 1.165) is 70.6 Å². The molecule has 55 heavy (non-hydrogen) atoms. The third-order valence-electron chi connectivity index (χ3n) is 9.42. The number of phosphoric ester groups is 1. The van der Waals surface area contributed by atoms with E-state index < -0.39 is 26.5 Å². The van der Waals surface area contributed by atoms with Crippen LogP contribution in [0, 0.1) is 0 Å². The number of carbonyl (C=O) groups is 2. The fourth-order valence-corrected chi connectivity index (χ4v) is 6.69. The van der Waals surface area contributed by atoms with Crippen molar-refractivity contribution in [2.75, 3.05) is 40.5 Å². The van der Waals surface area contributed by atoms with Crippen LogP contribution in [0.5, 0.6) is 0 Å². The molecule has 0 aliphatic heterocycles. The van der Waals surface area contributed by atoms with Crippen LogP contribution in [0.25, 0.3) is 0 Å². The summed E-state index contributed by atoms with van der Waals surface area (Å²) in [5.74, 6) is -0.816. The number of hydrogen-bond donors (Lipinski definition) is 1. The molecular weight excluding hydrogens is 713 g/mol. The van der Waals surface area contributed by atoms with E-state index in [0.29, 0.717) is 13.0 Å². The molecule has 0 aromatic rings. The Kier molecular flexibility index (Phi) is 39.1. The monoisotopic (exact) mass is 798 g/mol. The zero-order valence-corrected chi connectivity index (χ0v) is 36.8. The molecule has 10 heteroatoms. The van der Waals surface area contributed by atoms with Crippen LogP contribution >= 0.6 is 7.82 Å². The summed E-state index contributed by atoms with van der Waals surface area (Å²) in [5.41, 5.74) is 0. The second-order valence-corrected chi connectivity index (χ2v) is 16.7. The van der Waals surface area contributed by atoms with Gasteiger partial charge in [-0.2, -0.15) is 0 Å². The topological polar surface area (TPSA) is 112 Å². The number of unbranched alkanes of at least 4 members (excludes halogenated alkanes) is 21. The molecule has 9 nitrogen and oxygen atoms in total. The van der Waals surface area contributed by atoms with Gasteiger partial charge < -0.3 is 19.3 Å². The Hall–Kier alpha value is -1.77. The van der Waals surface area contributed by atoms with Gasteiger partial charge in [-0.3, -0.25) is 18.6 Å². The SMILES string of the molecule is CCCCC/C=C\C/C=C\CCCCCCCCCCCC(=O)OC(COC(=O)CCCCCCC/C=C\CCCCCC)COP(=O)(O)OCCN(C)C. The van der Waals surface area contributed by atoms with Crippen LogP contribution in [0.2, 0.25) is 0 Å². The molecule has 0 rings (SSSR count). The van der Waals surface area contributed by atoms with Crippen molar-refractivity contribution in [1.29, 1.82) is 0 Å². The van der Waals surface area contributed by atoms with Crippen LogP contribution in [-0.4, -0.2) is 68.3 Å². The Morgan fingerprint density at radius 1 is 0.564 bits per heavy atom. The van der Waals surface area contributed by atoms with Crippen molar-refractivity contribution in [1.82, 2.24) is 4.90 Å². The molecule has 0 radical (unpaired) electrons. The highest BCUT2D eigenvalue weighted by molar-refractivity contribution is 7.47. The third-order valence-corrected chi connectivity index (χ3v) is 10.4. The van der Waals surface area contributed by atoms with Crippen LogP contribution < -0.4 is 0 Å². The molecule has 2 unspecified atom stereocenters. The predicted octanol–water partition coefficient (Wildman–Crippen LogP) is 12.8. The van der Waals surface area contributed by atoms with Gasteiger partial charge in [-0.1, -0.05) is 147 Å². The maximum Gasteiger partial charge on any atom is 0.472 e. The van der Waals surface area contributed by atoms with E-state index >= 15 is 0 Å². The van der Waals surface area contributed by atoms with Gasteiger partial charge in [-0.25, -0.2) is 4.57 Å². The second kappa shape index (κ2) is 40.4. The molecule has 2 atom stereocenters. The number of phosphoric acid groups is 1. The standard InChI is InChI=1S/C45H84NO8P/c1-5-7-9-11-13-15-17-19-20-21-22-23-24-26-28-30-32-34-36-38-45(48)54-43(42-53-55(49,50)52-40-39-46(3)4)41-51-44(47)37-35-33-31-29-27-25-18-16-14-12-10-8-6-2/h13,15-16,18-20,43H,5-12,14,17,21-42H2,1-4H3,(H,49,50)/b15-13-,18-16-,20-19-. The molecule has 1 N–H and O–H groups in total. The molecule has 0 amide bonds. The average molecular weight is 798 g/mol. The highest BCUT2D eigenvalue weighted by atomic mass is 31.2. The number of likely N-dealkylation sites (N-methyl/N-ethyl adjacent to an activating group) is 1. The van der Waals surface area contributed by atoms with Crippen LogP contribution in [0.15, 0.2) is 36.5 Å². The van der Waals surface area contributed by atoms with Crippen LogP contribution in [0.1, 0.15) is 194 Å². The predicted molar refractivity (Wildman–Crippen MR) is 229 cm³/mol. The molecule has 0 heterocycles. The van der Waals surface area contributed by atoms with Crippen molar-refractivity contribution >= 4 is 19.8 Å². The van der Waals surface area contributed by atoms with E-state index in [1.807, 2.05) is 19.0 Å². The third kappa shape index (κ3) is 41.7. The van der Waals surface area contributed by atoms with Gasteiger partial charge >= 0.3 is 19.8 Å². The maximum absolute atomic E-state index is 12.7. The first-order valence-electron chi connectivity index (χ1n) is 22.3. The molecule has 0 fully saturated rings. The Morgan fingerprint density at radius 3 is 1.49 bits per heavy atom. The van der Waals surface area contributed by atoms with Crippen molar-refractivity contribution in [2.24, 2.45) is 0 Å². The lowest BCUT2D eigenvalue weighted by atomic mass is 10.1. The Labute approximate surface area is 338 Å². The molecule has 0 aliphatic carbocycles. The molecule has 0 saturated carbocycles. The molecule has 0 aliphatic rings. The lowest BCUT2D eigenvalue weighted by molar-refractivity contribution is -0.161. The lowest BCUT2D eigenvalue weighted by Crippen LogP contribution is -2.29. The Morgan fingerprint density at radius 2 is 0.982 bits per heavy atom. The van der Waals surface area contributed by atoms with Gasteiger partial charge in [0.25, 0.3) is 0 Å². The normalized spacial score (nSPS) is 13.7. The van der Waals surface area contributed by atoms with Crippen molar-refractivity contribution in [2.45, 2.75) is 200 Å². The summed E-state index contributed by atoms with van der Waals surface area (Å²) in [6, 6.07) is 0. The second-order valence-electron chi connectivity index (χ2n) is 15.2. The molecule has 322 valence electrons. The van der Waals surface area contributed by atoms with Gasteiger partial charge in [0.15, 0.2) is 6.10 Å². The van der Waals surface area contributed by atoms with Crippen molar-refractivity contribution in [3.63, 3.8) is 0 Å². The first-order chi connectivity index (χ1) is 26.7. The van der Waals surface area contributed by atoms with Crippen LogP contribution in [-0.2, 0) is 32.7 Å². The maximum atomic E-state index is 12.7. The number of carbonyl (C=O) groups excluding carboxylic acids is 2. The molecule has 0 aromatic carbocycles. The first kappa shape index (κ1) is 53.2. The lowest BCUT2D eigenvalue weighted by Gasteiger charge is -2.20. The zero-order chi connectivity index (χ0) is 40.5. The summed E-state index contributed by atoms with van der Waals surface area (Å²) < 4.78 is 33.5. The molecule has 0 saturated heterocycles. The number of rotatable bonds is 41. The summed E-state index contributed by atoms with van der Waals surface area (Å²) in [7, 11) is -0.716. The number of ether oxygens (including phenoxy) is 2. The number of nitrogens with zero attached hydrogens (tertiary/aromatic N) is 1. The van der Waals surface area contributed by atoms with Gasteiger partial charge in [0.1, 0.15) is 6.61 Å². The van der Waals surface area contributed by atoms with E-state index in [1.54, 1.807) is 0 Å². The van der Waals surface area contributed by atoms with Gasteiger partial charge in [-0.15, -0.1) is 0 Å². The largest absolute Gasteiger partial charge is 0.472 e. The summed E-state index contributed by atoms with van der Waals surface area (Å²) in [6.07, 6.45) is 43.3. The van der Waals surface area contributed by atoms with Gasteiger partial charge in [0.2, 0.25) is 0 Å². The van der Waals surface area contributed by atoms with E-state index in [4.69, 9.17) is 18.5 Å². The van der Waals surface area contributed by atoms with Crippen LogP contribution in [0.3, 0.4) is 0 Å².